The van der Waals surface area contributed by atoms with E-state index in [9.17, 15) is 4.39 Å². The van der Waals surface area contributed by atoms with Crippen molar-refractivity contribution in [3.63, 3.8) is 0 Å². The molecule has 1 aromatic carbocycles. The second-order valence-electron chi connectivity index (χ2n) is 6.08. The third kappa shape index (κ3) is 3.67. The molecule has 4 heteroatoms. The first kappa shape index (κ1) is 14.7. The summed E-state index contributed by atoms with van der Waals surface area (Å²) in [6.45, 7) is 9.55. The number of nitrogens with one attached hydrogen (secondary N) is 1. The van der Waals surface area contributed by atoms with Crippen LogP contribution in [-0.4, -0.2) is 15.1 Å². The molecule has 0 spiro atoms. The molecule has 0 radical (unpaired) electrons. The van der Waals surface area contributed by atoms with Crippen LogP contribution in [0.15, 0.2) is 30.5 Å². The van der Waals surface area contributed by atoms with Crippen LogP contribution in [0.5, 0.6) is 0 Å². The molecule has 0 bridgehead atoms. The molecule has 2 aromatic rings. The molecule has 0 aliphatic rings. The SMILES string of the molecule is Cc1ncc(CNC(C)(C)C)n1Cc1ccccc1F. The van der Waals surface area contributed by atoms with Gasteiger partial charge in [0.25, 0.3) is 0 Å². The van der Waals surface area contributed by atoms with Crippen molar-refractivity contribution in [2.75, 3.05) is 0 Å². The first-order valence-electron chi connectivity index (χ1n) is 6.86. The summed E-state index contributed by atoms with van der Waals surface area (Å²) in [7, 11) is 0. The quantitative estimate of drug-likeness (QED) is 0.928. The van der Waals surface area contributed by atoms with Crippen molar-refractivity contribution in [1.82, 2.24) is 14.9 Å². The average molecular weight is 275 g/mol. The molecule has 0 amide bonds. The molecule has 3 nitrogen and oxygen atoms in total. The van der Waals surface area contributed by atoms with E-state index in [0.717, 1.165) is 18.1 Å². The van der Waals surface area contributed by atoms with E-state index < -0.39 is 0 Å². The summed E-state index contributed by atoms with van der Waals surface area (Å²) in [5, 5.41) is 3.44. The number of nitrogens with zero attached hydrogens (tertiary/aromatic N) is 2. The lowest BCUT2D eigenvalue weighted by Gasteiger charge is -2.21. The molecule has 0 atom stereocenters. The van der Waals surface area contributed by atoms with Gasteiger partial charge < -0.3 is 9.88 Å². The van der Waals surface area contributed by atoms with Gasteiger partial charge in [0, 0.05) is 23.8 Å². The summed E-state index contributed by atoms with van der Waals surface area (Å²) in [4.78, 5) is 4.34. The molecule has 1 heterocycles. The van der Waals surface area contributed by atoms with Crippen LogP contribution in [-0.2, 0) is 13.1 Å². The first-order valence-corrected chi connectivity index (χ1v) is 6.86. The van der Waals surface area contributed by atoms with E-state index in [0.29, 0.717) is 12.1 Å². The van der Waals surface area contributed by atoms with Crippen LogP contribution in [0.4, 0.5) is 4.39 Å². The fourth-order valence-corrected chi connectivity index (χ4v) is 2.02. The van der Waals surface area contributed by atoms with Gasteiger partial charge in [-0.2, -0.15) is 0 Å². The van der Waals surface area contributed by atoms with Gasteiger partial charge >= 0.3 is 0 Å². The zero-order valence-corrected chi connectivity index (χ0v) is 12.6. The van der Waals surface area contributed by atoms with Gasteiger partial charge in [-0.3, -0.25) is 0 Å². The highest BCUT2D eigenvalue weighted by Crippen LogP contribution is 2.13. The Kier molecular flexibility index (Phi) is 4.23. The fourth-order valence-electron chi connectivity index (χ4n) is 2.02. The number of hydrogen-bond donors (Lipinski definition) is 1. The number of benzene rings is 1. The Bertz CT molecular complexity index is 582. The van der Waals surface area contributed by atoms with Crippen molar-refractivity contribution in [2.45, 2.75) is 46.3 Å². The second-order valence-corrected chi connectivity index (χ2v) is 6.08. The van der Waals surface area contributed by atoms with Crippen LogP contribution < -0.4 is 5.32 Å². The van der Waals surface area contributed by atoms with E-state index in [4.69, 9.17) is 0 Å². The summed E-state index contributed by atoms with van der Waals surface area (Å²) in [5.74, 6) is 0.731. The predicted octanol–water partition coefficient (Wildman–Crippen LogP) is 3.27. The summed E-state index contributed by atoms with van der Waals surface area (Å²) in [5.41, 5.74) is 1.80. The summed E-state index contributed by atoms with van der Waals surface area (Å²) >= 11 is 0. The fraction of sp³-hybridized carbons (Fsp3) is 0.438. The number of aryl methyl sites for hydroxylation is 1. The van der Waals surface area contributed by atoms with Crippen LogP contribution in [0, 0.1) is 12.7 Å². The number of rotatable bonds is 4. The Morgan fingerprint density at radius 3 is 2.60 bits per heavy atom. The molecule has 0 fully saturated rings. The monoisotopic (exact) mass is 275 g/mol. The summed E-state index contributed by atoms with van der Waals surface area (Å²) in [6, 6.07) is 6.88. The minimum Gasteiger partial charge on any atom is -0.326 e. The van der Waals surface area contributed by atoms with Gasteiger partial charge in [-0.25, -0.2) is 9.37 Å². The molecule has 1 aromatic heterocycles. The summed E-state index contributed by atoms with van der Waals surface area (Å²) < 4.78 is 15.8. The number of halogens is 1. The highest BCUT2D eigenvalue weighted by molar-refractivity contribution is 5.19. The minimum absolute atomic E-state index is 0.0427. The van der Waals surface area contributed by atoms with Crippen molar-refractivity contribution >= 4 is 0 Å². The highest BCUT2D eigenvalue weighted by Gasteiger charge is 2.13. The molecule has 20 heavy (non-hydrogen) atoms. The van der Waals surface area contributed by atoms with Crippen molar-refractivity contribution in [3.8, 4) is 0 Å². The lowest BCUT2D eigenvalue weighted by atomic mass is 10.1. The maximum absolute atomic E-state index is 13.8. The van der Waals surface area contributed by atoms with E-state index in [1.807, 2.05) is 25.3 Å². The van der Waals surface area contributed by atoms with E-state index >= 15 is 0 Å². The maximum atomic E-state index is 13.8. The highest BCUT2D eigenvalue weighted by atomic mass is 19.1. The Morgan fingerprint density at radius 2 is 1.95 bits per heavy atom. The largest absolute Gasteiger partial charge is 0.326 e. The Labute approximate surface area is 119 Å². The van der Waals surface area contributed by atoms with E-state index in [2.05, 4.69) is 35.6 Å². The topological polar surface area (TPSA) is 29.9 Å². The van der Waals surface area contributed by atoms with Crippen LogP contribution in [0.1, 0.15) is 37.9 Å². The molecule has 0 saturated heterocycles. The van der Waals surface area contributed by atoms with Crippen molar-refractivity contribution in [3.05, 3.63) is 53.4 Å². The Morgan fingerprint density at radius 1 is 1.25 bits per heavy atom. The van der Waals surface area contributed by atoms with Gasteiger partial charge in [-0.1, -0.05) is 18.2 Å². The van der Waals surface area contributed by atoms with Gasteiger partial charge in [-0.15, -0.1) is 0 Å². The normalized spacial score (nSPS) is 11.8. The number of hydrogen-bond acceptors (Lipinski definition) is 2. The number of imidazole rings is 1. The zero-order chi connectivity index (χ0) is 14.8. The third-order valence-corrected chi connectivity index (χ3v) is 3.22. The second kappa shape index (κ2) is 5.75. The molecule has 0 unspecified atom stereocenters. The van der Waals surface area contributed by atoms with Gasteiger partial charge in [0.2, 0.25) is 0 Å². The molecule has 108 valence electrons. The summed E-state index contributed by atoms with van der Waals surface area (Å²) in [6.07, 6.45) is 1.86. The smallest absolute Gasteiger partial charge is 0.128 e. The first-order chi connectivity index (χ1) is 9.37. The molecule has 0 saturated carbocycles. The third-order valence-electron chi connectivity index (χ3n) is 3.22. The molecule has 2 rings (SSSR count). The van der Waals surface area contributed by atoms with Crippen LogP contribution in [0.3, 0.4) is 0 Å². The zero-order valence-electron chi connectivity index (χ0n) is 12.6. The molecule has 0 aliphatic heterocycles. The Hall–Kier alpha value is -1.68. The molecular weight excluding hydrogens is 253 g/mol. The lowest BCUT2D eigenvalue weighted by molar-refractivity contribution is 0.416. The number of aromatic nitrogens is 2. The average Bonchev–Trinajstić information content (AvgIpc) is 2.70. The maximum Gasteiger partial charge on any atom is 0.128 e. The van der Waals surface area contributed by atoms with Gasteiger partial charge in [0.05, 0.1) is 12.2 Å². The van der Waals surface area contributed by atoms with Crippen molar-refractivity contribution < 1.29 is 4.39 Å². The van der Waals surface area contributed by atoms with Crippen molar-refractivity contribution in [1.29, 1.82) is 0 Å². The van der Waals surface area contributed by atoms with Crippen LogP contribution in [0.2, 0.25) is 0 Å². The van der Waals surface area contributed by atoms with E-state index in [1.165, 1.54) is 6.07 Å². The van der Waals surface area contributed by atoms with Crippen LogP contribution in [0.25, 0.3) is 0 Å². The molecule has 1 N–H and O–H groups in total. The lowest BCUT2D eigenvalue weighted by Crippen LogP contribution is -2.35. The molecule has 0 aliphatic carbocycles. The van der Waals surface area contributed by atoms with Crippen molar-refractivity contribution in [2.24, 2.45) is 0 Å². The van der Waals surface area contributed by atoms with E-state index in [-0.39, 0.29) is 11.4 Å². The minimum atomic E-state index is -0.171. The predicted molar refractivity (Wildman–Crippen MR) is 79.1 cm³/mol. The van der Waals surface area contributed by atoms with Gasteiger partial charge in [0.15, 0.2) is 0 Å². The van der Waals surface area contributed by atoms with Gasteiger partial charge in [0.1, 0.15) is 11.6 Å². The Balaban J connectivity index is 2.19. The van der Waals surface area contributed by atoms with Gasteiger partial charge in [-0.05, 0) is 33.8 Å². The molecular formula is C16H22FN3. The van der Waals surface area contributed by atoms with Crippen LogP contribution >= 0.6 is 0 Å². The van der Waals surface area contributed by atoms with E-state index in [1.54, 1.807) is 6.07 Å². The standard InChI is InChI=1S/C16H22FN3/c1-12-18-9-14(10-19-16(2,3)4)20(12)11-13-7-5-6-8-15(13)17/h5-9,19H,10-11H2,1-4H3.